The minimum absolute atomic E-state index is 0.0530. The Morgan fingerprint density at radius 1 is 1.00 bits per heavy atom. The van der Waals surface area contributed by atoms with Gasteiger partial charge in [-0.05, 0) is 49.2 Å². The normalized spacial score (nSPS) is 10.3. The number of Topliss-reactive ketones (excluding diaryl/α,β-unsaturated/α-hetero) is 1. The highest BCUT2D eigenvalue weighted by Crippen LogP contribution is 2.18. The van der Waals surface area contributed by atoms with E-state index in [1.165, 1.54) is 6.92 Å². The minimum atomic E-state index is -0.328. The zero-order chi connectivity index (χ0) is 20.6. The first-order valence-electron chi connectivity index (χ1n) is 9.31. The van der Waals surface area contributed by atoms with Gasteiger partial charge in [0.1, 0.15) is 11.4 Å². The van der Waals surface area contributed by atoms with Gasteiger partial charge in [0, 0.05) is 17.8 Å². The molecular weight excluding hydrogens is 366 g/mol. The second kappa shape index (κ2) is 9.50. The van der Waals surface area contributed by atoms with Gasteiger partial charge in [0.05, 0.1) is 19.0 Å². The van der Waals surface area contributed by atoms with Crippen LogP contribution in [0.5, 0.6) is 5.75 Å². The Kier molecular flexibility index (Phi) is 6.58. The molecule has 0 bridgehead atoms. The fourth-order valence-electron chi connectivity index (χ4n) is 2.89. The Morgan fingerprint density at radius 2 is 1.83 bits per heavy atom. The Balaban J connectivity index is 1.56. The van der Waals surface area contributed by atoms with Crippen molar-refractivity contribution in [2.24, 2.45) is 0 Å². The summed E-state index contributed by atoms with van der Waals surface area (Å²) in [6.07, 6.45) is 2.43. The molecule has 1 amide bonds. The van der Waals surface area contributed by atoms with Crippen LogP contribution >= 0.6 is 0 Å². The van der Waals surface area contributed by atoms with Gasteiger partial charge in [-0.2, -0.15) is 0 Å². The lowest BCUT2D eigenvalue weighted by molar-refractivity contribution is 0.100. The highest BCUT2D eigenvalue weighted by atomic mass is 16.5. The average molecular weight is 389 g/mol. The summed E-state index contributed by atoms with van der Waals surface area (Å²) in [5, 5.41) is 6.06. The number of aromatic nitrogens is 1. The van der Waals surface area contributed by atoms with Crippen molar-refractivity contribution in [3.8, 4) is 5.75 Å². The van der Waals surface area contributed by atoms with Crippen LogP contribution in [-0.4, -0.2) is 30.3 Å². The Labute approximate surface area is 169 Å². The zero-order valence-corrected chi connectivity index (χ0v) is 16.4. The topological polar surface area (TPSA) is 80.3 Å². The van der Waals surface area contributed by atoms with Gasteiger partial charge in [0.25, 0.3) is 5.91 Å². The molecule has 2 aromatic carbocycles. The molecule has 0 atom stereocenters. The van der Waals surface area contributed by atoms with Crippen LogP contribution in [0.3, 0.4) is 0 Å². The summed E-state index contributed by atoms with van der Waals surface area (Å²) in [4.78, 5) is 28.1. The number of hydrogen-bond acceptors (Lipinski definition) is 5. The van der Waals surface area contributed by atoms with Crippen LogP contribution in [-0.2, 0) is 6.42 Å². The van der Waals surface area contributed by atoms with Crippen molar-refractivity contribution in [3.05, 3.63) is 83.7 Å². The Bertz CT molecular complexity index is 1000. The number of hydrogen-bond donors (Lipinski definition) is 2. The number of rotatable bonds is 8. The molecule has 0 aliphatic heterocycles. The van der Waals surface area contributed by atoms with E-state index in [0.717, 1.165) is 23.4 Å². The maximum atomic E-state index is 12.4. The molecule has 3 rings (SSSR count). The first kappa shape index (κ1) is 20.1. The van der Waals surface area contributed by atoms with Gasteiger partial charge < -0.3 is 15.4 Å². The molecular formula is C23H23N3O3. The van der Waals surface area contributed by atoms with Crippen LogP contribution in [0.1, 0.15) is 33.3 Å². The highest BCUT2D eigenvalue weighted by Gasteiger charge is 2.09. The van der Waals surface area contributed by atoms with Gasteiger partial charge in [-0.3, -0.25) is 9.59 Å². The lowest BCUT2D eigenvalue weighted by Gasteiger charge is -2.10. The molecule has 0 unspecified atom stereocenters. The number of methoxy groups -OCH3 is 1. The van der Waals surface area contributed by atoms with Gasteiger partial charge in [0.15, 0.2) is 5.78 Å². The van der Waals surface area contributed by atoms with E-state index in [2.05, 4.69) is 15.6 Å². The third-order valence-corrected chi connectivity index (χ3v) is 4.44. The van der Waals surface area contributed by atoms with E-state index in [4.69, 9.17) is 4.74 Å². The number of benzene rings is 2. The molecule has 6 nitrogen and oxygen atoms in total. The maximum Gasteiger partial charge on any atom is 0.274 e. The van der Waals surface area contributed by atoms with Crippen LogP contribution in [0.25, 0.3) is 0 Å². The highest BCUT2D eigenvalue weighted by molar-refractivity contribution is 6.04. The minimum Gasteiger partial charge on any atom is -0.496 e. The fraction of sp³-hybridized carbons (Fsp3) is 0.174. The number of nitrogens with zero attached hydrogens (tertiary/aromatic N) is 1. The maximum absolute atomic E-state index is 12.4. The molecule has 6 heteroatoms. The van der Waals surface area contributed by atoms with Gasteiger partial charge in [-0.1, -0.05) is 30.3 Å². The van der Waals surface area contributed by atoms with Gasteiger partial charge in [0.2, 0.25) is 0 Å². The van der Waals surface area contributed by atoms with Crippen molar-refractivity contribution in [1.82, 2.24) is 4.98 Å². The number of nitrogens with one attached hydrogen (secondary N) is 2. The van der Waals surface area contributed by atoms with Crippen molar-refractivity contribution in [1.29, 1.82) is 0 Å². The molecule has 1 aromatic heterocycles. The lowest BCUT2D eigenvalue weighted by atomic mass is 10.1. The molecule has 0 aliphatic rings. The van der Waals surface area contributed by atoms with Gasteiger partial charge >= 0.3 is 0 Å². The van der Waals surface area contributed by atoms with Crippen LogP contribution in [0.4, 0.5) is 11.4 Å². The first-order valence-corrected chi connectivity index (χ1v) is 9.31. The molecule has 1 heterocycles. The molecule has 0 radical (unpaired) electrons. The van der Waals surface area contributed by atoms with E-state index in [1.54, 1.807) is 43.6 Å². The molecule has 0 saturated heterocycles. The van der Waals surface area contributed by atoms with Crippen LogP contribution in [0.2, 0.25) is 0 Å². The van der Waals surface area contributed by atoms with E-state index >= 15 is 0 Å². The summed E-state index contributed by atoms with van der Waals surface area (Å²) in [6.45, 7) is 2.20. The fourth-order valence-corrected chi connectivity index (χ4v) is 2.89. The molecule has 0 aliphatic carbocycles. The van der Waals surface area contributed by atoms with Crippen LogP contribution in [0.15, 0.2) is 66.9 Å². The third kappa shape index (κ3) is 5.42. The third-order valence-electron chi connectivity index (χ3n) is 4.44. The van der Waals surface area contributed by atoms with Crippen molar-refractivity contribution in [2.45, 2.75) is 13.3 Å². The van der Waals surface area contributed by atoms with Gasteiger partial charge in [-0.15, -0.1) is 0 Å². The molecule has 29 heavy (non-hydrogen) atoms. The zero-order valence-electron chi connectivity index (χ0n) is 16.4. The number of ether oxygens (including phenoxy) is 1. The van der Waals surface area contributed by atoms with Crippen molar-refractivity contribution in [2.75, 3.05) is 24.3 Å². The van der Waals surface area contributed by atoms with Crippen LogP contribution < -0.4 is 15.4 Å². The summed E-state index contributed by atoms with van der Waals surface area (Å²) >= 11 is 0. The van der Waals surface area contributed by atoms with E-state index in [0.29, 0.717) is 23.5 Å². The second-order valence-electron chi connectivity index (χ2n) is 6.51. The molecule has 3 aromatic rings. The monoisotopic (exact) mass is 389 g/mol. The predicted molar refractivity (Wildman–Crippen MR) is 114 cm³/mol. The average Bonchev–Trinajstić information content (AvgIpc) is 2.74. The molecule has 148 valence electrons. The summed E-state index contributed by atoms with van der Waals surface area (Å²) in [5.74, 6) is 0.488. The largest absolute Gasteiger partial charge is 0.496 e. The summed E-state index contributed by atoms with van der Waals surface area (Å²) in [6, 6.07) is 18.2. The number of carbonyl (C=O) groups is 2. The Hall–Kier alpha value is -3.67. The van der Waals surface area contributed by atoms with Crippen molar-refractivity contribution < 1.29 is 14.3 Å². The van der Waals surface area contributed by atoms with E-state index < -0.39 is 0 Å². The van der Waals surface area contributed by atoms with E-state index in [1.807, 2.05) is 30.3 Å². The number of amides is 1. The summed E-state index contributed by atoms with van der Waals surface area (Å²) in [5.41, 5.74) is 3.36. The summed E-state index contributed by atoms with van der Waals surface area (Å²) in [7, 11) is 1.66. The number of anilines is 2. The molecule has 0 spiro atoms. The van der Waals surface area contributed by atoms with Crippen molar-refractivity contribution in [3.63, 3.8) is 0 Å². The lowest BCUT2D eigenvalue weighted by Crippen LogP contribution is -2.14. The SMILES string of the molecule is COc1ccccc1CCNc1ccc(C(=O)Nc2cccc(C(C)=O)c2)nc1. The van der Waals surface area contributed by atoms with Gasteiger partial charge in [-0.25, -0.2) is 4.98 Å². The summed E-state index contributed by atoms with van der Waals surface area (Å²) < 4.78 is 5.36. The molecule has 0 fully saturated rings. The van der Waals surface area contributed by atoms with Crippen LogP contribution in [0, 0.1) is 0 Å². The van der Waals surface area contributed by atoms with Crippen molar-refractivity contribution >= 4 is 23.1 Å². The number of ketones is 1. The molecule has 0 saturated carbocycles. The van der Waals surface area contributed by atoms with E-state index in [9.17, 15) is 9.59 Å². The number of carbonyl (C=O) groups excluding carboxylic acids is 2. The predicted octanol–water partition coefficient (Wildman–Crippen LogP) is 4.20. The van der Waals surface area contributed by atoms with E-state index in [-0.39, 0.29) is 11.7 Å². The number of pyridine rings is 1. The Morgan fingerprint density at radius 3 is 2.55 bits per heavy atom. The number of para-hydroxylation sites is 1. The second-order valence-corrected chi connectivity index (χ2v) is 6.51. The standard InChI is InChI=1S/C23H23N3O3/c1-16(27)18-7-5-8-19(14-18)26-23(28)21-11-10-20(15-25-21)24-13-12-17-6-3-4-9-22(17)29-2/h3-11,14-15,24H,12-13H2,1-2H3,(H,26,28). The smallest absolute Gasteiger partial charge is 0.274 e. The first-order chi connectivity index (χ1) is 14.1. The quantitative estimate of drug-likeness (QED) is 0.565. The molecule has 2 N–H and O–H groups in total.